The lowest BCUT2D eigenvalue weighted by molar-refractivity contribution is -0.118. The average molecular weight is 601 g/mol. The summed E-state index contributed by atoms with van der Waals surface area (Å²) in [4.78, 5) is 15.7. The molecule has 0 bridgehead atoms. The summed E-state index contributed by atoms with van der Waals surface area (Å²) in [6.45, 7) is 8.48. The second kappa shape index (κ2) is 10.6. The van der Waals surface area contributed by atoms with Gasteiger partial charge in [0.05, 0.1) is 17.6 Å². The van der Waals surface area contributed by atoms with Crippen molar-refractivity contribution in [3.8, 4) is 11.8 Å². The standard InChI is InChI=1S/C33H31BrFN3O2/c1-19-13-20(2)26(14-21(19)18-40-25-11-5-22(34)6-12-25)30-27(17-36)32(37)38(24-9-7-23(35)8-10-24)28-15-33(3,4)16-29(39)31(28)30/h5-14,30H,15-16,18,37H2,1-4H3. The van der Waals surface area contributed by atoms with Crippen LogP contribution < -0.4 is 15.4 Å². The van der Waals surface area contributed by atoms with Gasteiger partial charge in [-0.1, -0.05) is 41.9 Å². The molecule has 3 aromatic rings. The zero-order chi connectivity index (χ0) is 28.8. The number of carbonyl (C=O) groups excluding carboxylic acids is 1. The summed E-state index contributed by atoms with van der Waals surface area (Å²) in [7, 11) is 0. The van der Waals surface area contributed by atoms with E-state index in [1.165, 1.54) is 12.1 Å². The Labute approximate surface area is 242 Å². The third-order valence-electron chi connectivity index (χ3n) is 7.71. The number of ketones is 1. The molecule has 2 N–H and O–H groups in total. The fourth-order valence-corrected chi connectivity index (χ4v) is 6.04. The lowest BCUT2D eigenvalue weighted by Crippen LogP contribution is -2.42. The third kappa shape index (κ3) is 5.16. The smallest absolute Gasteiger partial charge is 0.162 e. The molecule has 204 valence electrons. The van der Waals surface area contributed by atoms with Gasteiger partial charge in [-0.3, -0.25) is 9.69 Å². The second-order valence-corrected chi connectivity index (χ2v) is 12.3. The summed E-state index contributed by atoms with van der Waals surface area (Å²) in [5, 5.41) is 10.4. The molecule has 0 radical (unpaired) electrons. The van der Waals surface area contributed by atoms with Crippen molar-refractivity contribution in [1.29, 1.82) is 5.26 Å². The van der Waals surface area contributed by atoms with E-state index in [1.807, 2.05) is 44.2 Å². The minimum absolute atomic E-state index is 0.00347. The maximum atomic E-state index is 13.9. The first-order valence-electron chi connectivity index (χ1n) is 13.2. The van der Waals surface area contributed by atoms with E-state index >= 15 is 0 Å². The number of rotatable bonds is 5. The molecule has 0 saturated heterocycles. The monoisotopic (exact) mass is 599 g/mol. The number of aryl methyl sites for hydroxylation is 2. The molecule has 1 aliphatic carbocycles. The number of anilines is 1. The lowest BCUT2D eigenvalue weighted by Gasteiger charge is -2.44. The van der Waals surface area contributed by atoms with E-state index in [-0.39, 0.29) is 22.8 Å². The quantitative estimate of drug-likeness (QED) is 0.324. The molecule has 0 aromatic heterocycles. The highest BCUT2D eigenvalue weighted by atomic mass is 79.9. The van der Waals surface area contributed by atoms with Crippen LogP contribution in [0.2, 0.25) is 0 Å². The summed E-state index contributed by atoms with van der Waals surface area (Å²) in [6.07, 6.45) is 0.953. The van der Waals surface area contributed by atoms with Crippen LogP contribution in [0.1, 0.15) is 54.9 Å². The first-order valence-corrected chi connectivity index (χ1v) is 14.0. The average Bonchev–Trinajstić information content (AvgIpc) is 2.89. The van der Waals surface area contributed by atoms with Gasteiger partial charge < -0.3 is 10.5 Å². The van der Waals surface area contributed by atoms with Gasteiger partial charge >= 0.3 is 0 Å². The van der Waals surface area contributed by atoms with Gasteiger partial charge in [0.25, 0.3) is 0 Å². The number of hydrogen-bond acceptors (Lipinski definition) is 5. The maximum Gasteiger partial charge on any atom is 0.162 e. The molecule has 1 unspecified atom stereocenters. The Balaban J connectivity index is 1.65. The minimum atomic E-state index is -0.604. The molecule has 1 heterocycles. The third-order valence-corrected chi connectivity index (χ3v) is 8.24. The summed E-state index contributed by atoms with van der Waals surface area (Å²) in [5.41, 5.74) is 12.6. The molecule has 0 amide bonds. The van der Waals surface area contributed by atoms with Gasteiger partial charge in [-0.15, -0.1) is 0 Å². The van der Waals surface area contributed by atoms with Crippen LogP contribution >= 0.6 is 15.9 Å². The first-order chi connectivity index (χ1) is 19.0. The molecule has 3 aromatic carbocycles. The number of benzene rings is 3. The van der Waals surface area contributed by atoms with Crippen LogP contribution in [0.4, 0.5) is 10.1 Å². The van der Waals surface area contributed by atoms with Crippen molar-refractivity contribution in [3.05, 3.63) is 116 Å². The Morgan fingerprint density at radius 1 is 1.07 bits per heavy atom. The number of nitriles is 1. The number of nitrogens with two attached hydrogens (primary N) is 1. The normalized spacial score (nSPS) is 18.5. The van der Waals surface area contributed by atoms with Crippen molar-refractivity contribution in [3.63, 3.8) is 0 Å². The number of hydrogen-bond donors (Lipinski definition) is 1. The molecule has 5 rings (SSSR count). The number of carbonyl (C=O) groups is 1. The molecule has 1 aliphatic heterocycles. The highest BCUT2D eigenvalue weighted by molar-refractivity contribution is 9.10. The first kappa shape index (κ1) is 27.7. The molecule has 0 saturated carbocycles. The largest absolute Gasteiger partial charge is 0.489 e. The topological polar surface area (TPSA) is 79.4 Å². The maximum absolute atomic E-state index is 13.9. The van der Waals surface area contributed by atoms with E-state index in [4.69, 9.17) is 10.5 Å². The fourth-order valence-electron chi connectivity index (χ4n) is 5.78. The number of nitrogens with zero attached hydrogens (tertiary/aromatic N) is 2. The molecule has 0 fully saturated rings. The van der Waals surface area contributed by atoms with Crippen LogP contribution in [0.5, 0.6) is 5.75 Å². The highest BCUT2D eigenvalue weighted by Gasteiger charge is 2.45. The van der Waals surface area contributed by atoms with E-state index in [9.17, 15) is 14.4 Å². The molecular formula is C33H31BrFN3O2. The molecule has 1 atom stereocenters. The van der Waals surface area contributed by atoms with Crippen molar-refractivity contribution in [1.82, 2.24) is 0 Å². The Bertz CT molecular complexity index is 1600. The van der Waals surface area contributed by atoms with Crippen molar-refractivity contribution < 1.29 is 13.9 Å². The Morgan fingerprint density at radius 3 is 2.40 bits per heavy atom. The van der Waals surface area contributed by atoms with Crippen LogP contribution in [0.25, 0.3) is 0 Å². The molecule has 0 spiro atoms. The predicted octanol–water partition coefficient (Wildman–Crippen LogP) is 7.72. The molecular weight excluding hydrogens is 569 g/mol. The van der Waals surface area contributed by atoms with Crippen LogP contribution in [0.3, 0.4) is 0 Å². The fraction of sp³-hybridized carbons (Fsp3) is 0.273. The van der Waals surface area contributed by atoms with E-state index < -0.39 is 5.92 Å². The molecule has 7 heteroatoms. The van der Waals surface area contributed by atoms with Crippen molar-refractivity contribution in [2.24, 2.45) is 11.1 Å². The van der Waals surface area contributed by atoms with Gasteiger partial charge in [-0.05, 0) is 96.5 Å². The van der Waals surface area contributed by atoms with Gasteiger partial charge in [0.15, 0.2) is 5.78 Å². The summed E-state index contributed by atoms with van der Waals surface area (Å²) in [5.74, 6) is 0.0255. The zero-order valence-corrected chi connectivity index (χ0v) is 24.6. The van der Waals surface area contributed by atoms with Crippen LogP contribution in [-0.4, -0.2) is 5.78 Å². The molecule has 40 heavy (non-hydrogen) atoms. The Kier molecular flexibility index (Phi) is 7.32. The number of allylic oxidation sites excluding steroid dienone is 3. The van der Waals surface area contributed by atoms with Gasteiger partial charge in [-0.2, -0.15) is 5.26 Å². The Morgan fingerprint density at radius 2 is 1.75 bits per heavy atom. The minimum Gasteiger partial charge on any atom is -0.489 e. The van der Waals surface area contributed by atoms with E-state index in [0.29, 0.717) is 36.3 Å². The second-order valence-electron chi connectivity index (χ2n) is 11.3. The van der Waals surface area contributed by atoms with Gasteiger partial charge in [0.1, 0.15) is 24.0 Å². The number of Topliss-reactive ketones (excluding diaryl/α,β-unsaturated/α-hetero) is 1. The van der Waals surface area contributed by atoms with Crippen LogP contribution in [0.15, 0.2) is 87.8 Å². The summed E-state index contributed by atoms with van der Waals surface area (Å²) in [6, 6.07) is 20.1. The number of halogens is 2. The van der Waals surface area contributed by atoms with Gasteiger partial charge in [0, 0.05) is 27.9 Å². The SMILES string of the molecule is Cc1cc(C)c(C2C(C#N)=C(N)N(c3ccc(F)cc3)C3=C2C(=O)CC(C)(C)C3)cc1COc1ccc(Br)cc1. The Hall–Kier alpha value is -3.89. The van der Waals surface area contributed by atoms with Crippen molar-refractivity contribution in [2.45, 2.75) is 53.1 Å². The van der Waals surface area contributed by atoms with Crippen LogP contribution in [0, 0.1) is 36.4 Å². The molecule has 5 nitrogen and oxygen atoms in total. The van der Waals surface area contributed by atoms with Crippen LogP contribution in [-0.2, 0) is 11.4 Å². The van der Waals surface area contributed by atoms with E-state index in [0.717, 1.165) is 38.2 Å². The molecule has 2 aliphatic rings. The van der Waals surface area contributed by atoms with Gasteiger partial charge in [-0.25, -0.2) is 4.39 Å². The zero-order valence-electron chi connectivity index (χ0n) is 23.0. The van der Waals surface area contributed by atoms with E-state index in [1.54, 1.807) is 17.0 Å². The summed E-state index contributed by atoms with van der Waals surface area (Å²) < 4.78 is 20.9. The van der Waals surface area contributed by atoms with Gasteiger partial charge in [0.2, 0.25) is 0 Å². The summed E-state index contributed by atoms with van der Waals surface area (Å²) >= 11 is 3.45. The van der Waals surface area contributed by atoms with E-state index in [2.05, 4.69) is 41.9 Å². The van der Waals surface area contributed by atoms with Crippen molar-refractivity contribution >= 4 is 27.4 Å². The lowest BCUT2D eigenvalue weighted by atomic mass is 9.68. The van der Waals surface area contributed by atoms with Crippen molar-refractivity contribution in [2.75, 3.05) is 4.90 Å². The number of ether oxygens (including phenoxy) is 1. The predicted molar refractivity (Wildman–Crippen MR) is 158 cm³/mol. The highest BCUT2D eigenvalue weighted by Crippen LogP contribution is 2.50.